The van der Waals surface area contributed by atoms with E-state index in [1.54, 1.807) is 18.2 Å². The Morgan fingerprint density at radius 2 is 1.67 bits per heavy atom. The van der Waals surface area contributed by atoms with Crippen molar-refractivity contribution in [1.82, 2.24) is 10.6 Å². The van der Waals surface area contributed by atoms with E-state index in [1.807, 2.05) is 0 Å². The van der Waals surface area contributed by atoms with E-state index >= 15 is 0 Å². The fraction of sp³-hybridized carbons (Fsp3) is 0.676. The molecule has 0 radical (unpaired) electrons. The quantitative estimate of drug-likeness (QED) is 0.0579. The molecule has 2 aliphatic rings. The Morgan fingerprint density at radius 1 is 1.02 bits per heavy atom. The fourth-order valence-electron chi connectivity index (χ4n) is 6.38. The zero-order valence-electron chi connectivity index (χ0n) is 29.8. The van der Waals surface area contributed by atoms with Crippen molar-refractivity contribution in [1.29, 1.82) is 0 Å². The maximum atomic E-state index is 13.7. The summed E-state index contributed by atoms with van der Waals surface area (Å²) in [6.45, 7) is -2.52. The number of benzene rings is 1. The van der Waals surface area contributed by atoms with Crippen LogP contribution >= 0.6 is 0 Å². The van der Waals surface area contributed by atoms with E-state index < -0.39 is 142 Å². The highest BCUT2D eigenvalue weighted by Crippen LogP contribution is 2.38. The molecular weight excluding hydrogens is 738 g/mol. The summed E-state index contributed by atoms with van der Waals surface area (Å²) in [5, 5.41) is 122. The SMILES string of the molecule is C#CCNC(=O)[C@@]1(O[C@@H]2C(O)[C@H](O[C@H](C(O)CO)[C@H](O)C(O)CCc3ccccc3C(N)=O)OC(CO)[C@@H]2O)C[C@@H](O)[C@@H](NC(C)=O)C([C@H](O)[C@H](O)CO)O1. The third kappa shape index (κ3) is 11.1. The van der Waals surface area contributed by atoms with Crippen molar-refractivity contribution in [2.24, 2.45) is 5.73 Å². The molecule has 0 bridgehead atoms. The number of carbonyl (C=O) groups is 3. The number of carbonyl (C=O) groups excluding carboxylic acids is 3. The van der Waals surface area contributed by atoms with Crippen molar-refractivity contribution < 1.29 is 89.5 Å². The topological polar surface area (TPSA) is 361 Å². The summed E-state index contributed by atoms with van der Waals surface area (Å²) in [7, 11) is 0. The third-order valence-corrected chi connectivity index (χ3v) is 9.29. The number of nitrogens with two attached hydrogens (primary N) is 1. The number of terminal acetylenes is 1. The molecule has 1 aromatic rings. The molecule has 3 amide bonds. The standard InChI is InChI=1S/C34H51N3O18/c1-3-10-36-33(51)34(11-19(43)23(37-15(2)41)29(54-34)25(47)20(44)12-38)55-30-26(48)22(14-40)52-32(27(30)49)53-28(21(45)13-39)24(46)18(42)9-8-16-6-4-5-7-17(16)31(35)50/h1,4-7,18-30,32,38-40,42-49H,8-14H2,2H3,(H2,35,50)(H,36,51)(H,37,41)/t18?,19-,20-,21?,22?,23-,24-,25-,26+,27?,28-,29?,30+,32+,34+/m1/s1. The molecule has 15 N–H and O–H groups in total. The van der Waals surface area contributed by atoms with Gasteiger partial charge >= 0.3 is 0 Å². The van der Waals surface area contributed by atoms with Crippen molar-refractivity contribution in [2.75, 3.05) is 26.4 Å². The van der Waals surface area contributed by atoms with Gasteiger partial charge in [-0.2, -0.15) is 0 Å². The summed E-state index contributed by atoms with van der Waals surface area (Å²) in [5.41, 5.74) is 5.99. The second-order valence-electron chi connectivity index (χ2n) is 13.2. The first-order valence-electron chi connectivity index (χ1n) is 17.3. The first-order chi connectivity index (χ1) is 26.0. The molecule has 310 valence electrons. The Balaban J connectivity index is 1.97. The summed E-state index contributed by atoms with van der Waals surface area (Å²) >= 11 is 0. The van der Waals surface area contributed by atoms with Crippen molar-refractivity contribution in [3.8, 4) is 12.3 Å². The van der Waals surface area contributed by atoms with E-state index in [-0.39, 0.29) is 18.4 Å². The van der Waals surface area contributed by atoms with E-state index in [1.165, 1.54) is 6.07 Å². The summed E-state index contributed by atoms with van der Waals surface area (Å²) in [5.74, 6) is -3.44. The Labute approximate surface area is 315 Å². The highest BCUT2D eigenvalue weighted by Gasteiger charge is 2.59. The molecule has 0 saturated carbocycles. The first kappa shape index (κ1) is 46.0. The lowest BCUT2D eigenvalue weighted by Crippen LogP contribution is -2.71. The number of hydrogen-bond acceptors (Lipinski definition) is 18. The Bertz CT molecular complexity index is 1470. The van der Waals surface area contributed by atoms with Gasteiger partial charge in [-0.25, -0.2) is 0 Å². The largest absolute Gasteiger partial charge is 0.394 e. The average molecular weight is 790 g/mol. The molecule has 0 spiro atoms. The molecule has 5 unspecified atom stereocenters. The van der Waals surface area contributed by atoms with Crippen LogP contribution in [0.5, 0.6) is 0 Å². The third-order valence-electron chi connectivity index (χ3n) is 9.29. The number of aryl methyl sites for hydroxylation is 1. The van der Waals surface area contributed by atoms with Gasteiger partial charge in [0.15, 0.2) is 6.29 Å². The van der Waals surface area contributed by atoms with Crippen LogP contribution in [0.4, 0.5) is 0 Å². The molecular formula is C34H51N3O18. The van der Waals surface area contributed by atoms with E-state index in [4.69, 9.17) is 31.1 Å². The van der Waals surface area contributed by atoms with E-state index in [9.17, 15) is 70.6 Å². The van der Waals surface area contributed by atoms with Crippen LogP contribution < -0.4 is 16.4 Å². The number of nitrogens with one attached hydrogen (secondary N) is 2. The predicted octanol–water partition coefficient (Wildman–Crippen LogP) is -7.18. The van der Waals surface area contributed by atoms with Gasteiger partial charge in [-0.05, 0) is 24.5 Å². The number of amides is 3. The minimum Gasteiger partial charge on any atom is -0.394 e. The molecule has 21 nitrogen and oxygen atoms in total. The van der Waals surface area contributed by atoms with Crippen LogP contribution in [0.3, 0.4) is 0 Å². The molecule has 0 aromatic heterocycles. The van der Waals surface area contributed by atoms with Crippen LogP contribution in [-0.2, 0) is 35.0 Å². The number of aliphatic hydroxyl groups is 11. The zero-order valence-corrected chi connectivity index (χ0v) is 29.8. The van der Waals surface area contributed by atoms with Crippen molar-refractivity contribution in [2.45, 2.75) is 118 Å². The van der Waals surface area contributed by atoms with E-state index in [0.29, 0.717) is 5.56 Å². The van der Waals surface area contributed by atoms with Crippen LogP contribution in [0.2, 0.25) is 0 Å². The summed E-state index contributed by atoms with van der Waals surface area (Å²) in [6, 6.07) is 4.67. The molecule has 2 saturated heterocycles. The van der Waals surface area contributed by atoms with E-state index in [0.717, 1.165) is 6.92 Å². The highest BCUT2D eigenvalue weighted by atomic mass is 16.7. The van der Waals surface area contributed by atoms with Crippen molar-refractivity contribution in [3.63, 3.8) is 0 Å². The lowest BCUT2D eigenvalue weighted by atomic mass is 9.87. The molecule has 3 rings (SSSR count). The van der Waals surface area contributed by atoms with Crippen molar-refractivity contribution >= 4 is 17.7 Å². The van der Waals surface area contributed by atoms with Gasteiger partial charge in [0.1, 0.15) is 61.0 Å². The molecule has 2 aliphatic heterocycles. The average Bonchev–Trinajstić information content (AvgIpc) is 3.16. The lowest BCUT2D eigenvalue weighted by Gasteiger charge is -2.51. The number of hydrogen-bond donors (Lipinski definition) is 14. The van der Waals surface area contributed by atoms with Gasteiger partial charge in [0.2, 0.25) is 11.8 Å². The van der Waals surface area contributed by atoms with Gasteiger partial charge in [-0.15, -0.1) is 6.42 Å². The molecule has 55 heavy (non-hydrogen) atoms. The smallest absolute Gasteiger partial charge is 0.281 e. The van der Waals surface area contributed by atoms with Crippen LogP contribution in [0.1, 0.15) is 35.7 Å². The maximum absolute atomic E-state index is 13.7. The van der Waals surface area contributed by atoms with E-state index in [2.05, 4.69) is 16.6 Å². The molecule has 15 atom stereocenters. The predicted molar refractivity (Wildman–Crippen MR) is 183 cm³/mol. The number of primary amides is 1. The van der Waals surface area contributed by atoms with Gasteiger partial charge in [0.25, 0.3) is 11.7 Å². The van der Waals surface area contributed by atoms with Crippen LogP contribution in [0.15, 0.2) is 24.3 Å². The van der Waals surface area contributed by atoms with Gasteiger partial charge in [0.05, 0.1) is 44.6 Å². The van der Waals surface area contributed by atoms with Gasteiger partial charge in [0, 0.05) is 18.9 Å². The minimum absolute atomic E-state index is 0.0000180. The second-order valence-corrected chi connectivity index (χ2v) is 13.2. The van der Waals surface area contributed by atoms with Gasteiger partial charge in [-0.3, -0.25) is 14.4 Å². The van der Waals surface area contributed by atoms with Gasteiger partial charge < -0.3 is 91.5 Å². The monoisotopic (exact) mass is 789 g/mol. The van der Waals surface area contributed by atoms with Crippen LogP contribution in [-0.4, -0.2) is 192 Å². The highest BCUT2D eigenvalue weighted by molar-refractivity contribution is 5.94. The first-order valence-corrected chi connectivity index (χ1v) is 17.3. The number of ether oxygens (including phenoxy) is 4. The van der Waals surface area contributed by atoms with Crippen molar-refractivity contribution in [3.05, 3.63) is 35.4 Å². The molecule has 0 aliphatic carbocycles. The summed E-state index contributed by atoms with van der Waals surface area (Å²) in [6.07, 6.45) is -21.5. The second kappa shape index (κ2) is 20.7. The molecule has 2 fully saturated rings. The lowest BCUT2D eigenvalue weighted by molar-refractivity contribution is -0.374. The Hall–Kier alpha value is -3.41. The Kier molecular flexibility index (Phi) is 17.3. The fourth-order valence-corrected chi connectivity index (χ4v) is 6.38. The minimum atomic E-state index is -2.83. The molecule has 1 aromatic carbocycles. The molecule has 21 heteroatoms. The Morgan fingerprint density at radius 3 is 2.25 bits per heavy atom. The normalized spacial score (nSPS) is 31.5. The molecule has 2 heterocycles. The van der Waals surface area contributed by atoms with Crippen LogP contribution in [0, 0.1) is 12.3 Å². The number of rotatable bonds is 19. The summed E-state index contributed by atoms with van der Waals surface area (Å²) in [4.78, 5) is 37.5. The zero-order chi connectivity index (χ0) is 41.2. The maximum Gasteiger partial charge on any atom is 0.281 e. The summed E-state index contributed by atoms with van der Waals surface area (Å²) < 4.78 is 22.9. The van der Waals surface area contributed by atoms with Crippen LogP contribution in [0.25, 0.3) is 0 Å². The van der Waals surface area contributed by atoms with Gasteiger partial charge in [-0.1, -0.05) is 24.1 Å². The number of aliphatic hydroxyl groups excluding tert-OH is 11.